The topological polar surface area (TPSA) is 42.4 Å². The molecule has 1 saturated heterocycles. The molecule has 0 aliphatic carbocycles. The van der Waals surface area contributed by atoms with Gasteiger partial charge in [-0.25, -0.2) is 4.98 Å². The van der Waals surface area contributed by atoms with Crippen molar-refractivity contribution in [2.75, 3.05) is 13.2 Å². The van der Waals surface area contributed by atoms with Crippen LogP contribution in [-0.2, 0) is 16.5 Å². The zero-order valence-corrected chi connectivity index (χ0v) is 12.4. The van der Waals surface area contributed by atoms with Gasteiger partial charge in [-0.15, -0.1) is 11.3 Å². The van der Waals surface area contributed by atoms with E-state index in [9.17, 15) is 18.3 Å². The van der Waals surface area contributed by atoms with Crippen molar-refractivity contribution in [3.63, 3.8) is 0 Å². The third-order valence-corrected chi connectivity index (χ3v) is 4.98. The van der Waals surface area contributed by atoms with Gasteiger partial charge >= 0.3 is 6.18 Å². The molecule has 3 rings (SSSR count). The van der Waals surface area contributed by atoms with E-state index >= 15 is 0 Å². The molecule has 0 amide bonds. The highest BCUT2D eigenvalue weighted by Crippen LogP contribution is 2.39. The minimum absolute atomic E-state index is 0.265. The second kappa shape index (κ2) is 5.64. The fraction of sp³-hybridized carbons (Fsp3) is 0.400. The summed E-state index contributed by atoms with van der Waals surface area (Å²) in [6.45, 7) is 0.955. The van der Waals surface area contributed by atoms with Gasteiger partial charge in [0.05, 0.1) is 10.6 Å². The van der Waals surface area contributed by atoms with Crippen molar-refractivity contribution in [2.24, 2.45) is 0 Å². The van der Waals surface area contributed by atoms with Crippen LogP contribution in [0.4, 0.5) is 13.2 Å². The van der Waals surface area contributed by atoms with Gasteiger partial charge < -0.3 is 9.84 Å². The van der Waals surface area contributed by atoms with E-state index in [0.29, 0.717) is 30.9 Å². The number of hydrogen-bond donors (Lipinski definition) is 1. The van der Waals surface area contributed by atoms with Gasteiger partial charge in [0.2, 0.25) is 0 Å². The summed E-state index contributed by atoms with van der Waals surface area (Å²) in [5.41, 5.74) is -1.60. The molecule has 1 aliphatic rings. The first-order valence-corrected chi connectivity index (χ1v) is 7.65. The van der Waals surface area contributed by atoms with Crippen LogP contribution in [0.1, 0.15) is 23.4 Å². The number of halogens is 3. The number of aliphatic hydroxyl groups is 1. The smallest absolute Gasteiger partial charge is 0.384 e. The fourth-order valence-electron chi connectivity index (χ4n) is 2.41. The van der Waals surface area contributed by atoms with E-state index in [2.05, 4.69) is 4.98 Å². The Balaban J connectivity index is 1.91. The van der Waals surface area contributed by atoms with E-state index in [1.54, 1.807) is 18.2 Å². The van der Waals surface area contributed by atoms with Crippen LogP contribution in [0.25, 0.3) is 10.6 Å². The maximum atomic E-state index is 12.7. The predicted molar refractivity (Wildman–Crippen MR) is 76.5 cm³/mol. The minimum Gasteiger partial charge on any atom is -0.384 e. The molecule has 0 spiro atoms. The molecule has 0 unspecified atom stereocenters. The van der Waals surface area contributed by atoms with Gasteiger partial charge in [0, 0.05) is 30.9 Å². The normalized spacial score (nSPS) is 18.4. The van der Waals surface area contributed by atoms with Crippen LogP contribution in [0.15, 0.2) is 30.3 Å². The van der Waals surface area contributed by atoms with Crippen LogP contribution in [0.2, 0.25) is 0 Å². The number of nitrogens with zero attached hydrogens (tertiary/aromatic N) is 1. The van der Waals surface area contributed by atoms with E-state index in [4.69, 9.17) is 4.74 Å². The number of hydrogen-bond acceptors (Lipinski definition) is 4. The van der Waals surface area contributed by atoms with Gasteiger partial charge in [0.15, 0.2) is 0 Å². The number of pyridine rings is 1. The molecule has 0 radical (unpaired) electrons. The van der Waals surface area contributed by atoms with E-state index in [1.807, 2.05) is 0 Å². The molecule has 2 aromatic rings. The molecule has 0 atom stereocenters. The van der Waals surface area contributed by atoms with Crippen molar-refractivity contribution < 1.29 is 23.0 Å². The predicted octanol–water partition coefficient (Wildman–Crippen LogP) is 3.83. The summed E-state index contributed by atoms with van der Waals surface area (Å²) in [5.74, 6) is 0. The van der Waals surface area contributed by atoms with Crippen LogP contribution in [0.3, 0.4) is 0 Å². The van der Waals surface area contributed by atoms with E-state index in [0.717, 1.165) is 10.9 Å². The Labute approximate surface area is 129 Å². The molecule has 22 heavy (non-hydrogen) atoms. The molecule has 3 heterocycles. The quantitative estimate of drug-likeness (QED) is 0.910. The number of rotatable bonds is 2. The molecule has 1 fully saturated rings. The van der Waals surface area contributed by atoms with E-state index in [1.165, 1.54) is 17.4 Å². The summed E-state index contributed by atoms with van der Waals surface area (Å²) in [6.07, 6.45) is -3.49. The fourth-order valence-corrected chi connectivity index (χ4v) is 3.53. The summed E-state index contributed by atoms with van der Waals surface area (Å²) in [7, 11) is 0. The monoisotopic (exact) mass is 329 g/mol. The average Bonchev–Trinajstić information content (AvgIpc) is 2.98. The lowest BCUT2D eigenvalue weighted by atomic mass is 9.93. The Morgan fingerprint density at radius 1 is 1.14 bits per heavy atom. The Bertz CT molecular complexity index is 663. The molecule has 1 N–H and O–H groups in total. The Morgan fingerprint density at radius 3 is 2.55 bits per heavy atom. The highest BCUT2D eigenvalue weighted by atomic mass is 32.1. The Morgan fingerprint density at radius 2 is 1.86 bits per heavy atom. The van der Waals surface area contributed by atoms with Crippen molar-refractivity contribution in [1.82, 2.24) is 4.98 Å². The second-order valence-corrected chi connectivity index (χ2v) is 6.30. The molecule has 118 valence electrons. The number of thiophene rings is 1. The first-order valence-electron chi connectivity index (χ1n) is 6.84. The van der Waals surface area contributed by atoms with Gasteiger partial charge in [-0.3, -0.25) is 0 Å². The molecule has 1 aliphatic heterocycles. The maximum absolute atomic E-state index is 12.7. The van der Waals surface area contributed by atoms with Crippen molar-refractivity contribution in [3.8, 4) is 10.6 Å². The SMILES string of the molecule is OC1(c2ccc(-c3cccc(C(F)(F)F)n3)s2)CCOCC1. The first-order chi connectivity index (χ1) is 10.4. The van der Waals surface area contributed by atoms with Crippen LogP contribution in [0, 0.1) is 0 Å². The molecule has 0 saturated carbocycles. The summed E-state index contributed by atoms with van der Waals surface area (Å²) in [5, 5.41) is 10.6. The Kier molecular flexibility index (Phi) is 3.96. The van der Waals surface area contributed by atoms with Gasteiger partial charge in [-0.05, 0) is 24.3 Å². The molecule has 7 heteroatoms. The van der Waals surface area contributed by atoms with E-state index < -0.39 is 17.5 Å². The van der Waals surface area contributed by atoms with Crippen molar-refractivity contribution >= 4 is 11.3 Å². The van der Waals surface area contributed by atoms with Gasteiger partial charge in [0.25, 0.3) is 0 Å². The van der Waals surface area contributed by atoms with Crippen LogP contribution >= 0.6 is 11.3 Å². The van der Waals surface area contributed by atoms with Crippen molar-refractivity contribution in [3.05, 3.63) is 40.9 Å². The van der Waals surface area contributed by atoms with Gasteiger partial charge in [-0.1, -0.05) is 6.07 Å². The molecule has 0 aromatic carbocycles. The number of ether oxygens (including phenoxy) is 1. The van der Waals surface area contributed by atoms with Crippen molar-refractivity contribution in [2.45, 2.75) is 24.6 Å². The summed E-state index contributed by atoms with van der Waals surface area (Å²) in [6, 6.07) is 7.29. The largest absolute Gasteiger partial charge is 0.433 e. The molecule has 2 aromatic heterocycles. The lowest BCUT2D eigenvalue weighted by Gasteiger charge is -2.30. The third-order valence-electron chi connectivity index (χ3n) is 3.68. The summed E-state index contributed by atoms with van der Waals surface area (Å²) in [4.78, 5) is 5.03. The van der Waals surface area contributed by atoms with Crippen LogP contribution < -0.4 is 0 Å². The van der Waals surface area contributed by atoms with Crippen LogP contribution in [-0.4, -0.2) is 23.3 Å². The highest BCUT2D eigenvalue weighted by molar-refractivity contribution is 7.15. The zero-order chi connectivity index (χ0) is 15.8. The average molecular weight is 329 g/mol. The summed E-state index contributed by atoms with van der Waals surface area (Å²) >= 11 is 1.28. The first kappa shape index (κ1) is 15.5. The maximum Gasteiger partial charge on any atom is 0.433 e. The number of alkyl halides is 3. The van der Waals surface area contributed by atoms with Gasteiger partial charge in [-0.2, -0.15) is 13.2 Å². The Hall–Kier alpha value is -1.44. The standard InChI is InChI=1S/C15H14F3NO2S/c16-15(17,18)12-3-1-2-10(19-12)11-4-5-13(22-11)14(20)6-8-21-9-7-14/h1-5,20H,6-9H2. The second-order valence-electron chi connectivity index (χ2n) is 5.21. The minimum atomic E-state index is -4.46. The van der Waals surface area contributed by atoms with E-state index in [-0.39, 0.29) is 5.69 Å². The molecule has 3 nitrogen and oxygen atoms in total. The molecular formula is C15H14F3NO2S. The summed E-state index contributed by atoms with van der Waals surface area (Å²) < 4.78 is 43.4. The lowest BCUT2D eigenvalue weighted by molar-refractivity contribution is -0.141. The molecular weight excluding hydrogens is 315 g/mol. The third kappa shape index (κ3) is 3.02. The lowest BCUT2D eigenvalue weighted by Crippen LogP contribution is -2.32. The van der Waals surface area contributed by atoms with Gasteiger partial charge in [0.1, 0.15) is 11.3 Å². The number of aromatic nitrogens is 1. The van der Waals surface area contributed by atoms with Crippen LogP contribution in [0.5, 0.6) is 0 Å². The van der Waals surface area contributed by atoms with Crippen molar-refractivity contribution in [1.29, 1.82) is 0 Å². The molecule has 0 bridgehead atoms. The zero-order valence-electron chi connectivity index (χ0n) is 11.6. The highest BCUT2D eigenvalue weighted by Gasteiger charge is 2.34.